The Hall–Kier alpha value is -1.68. The van der Waals surface area contributed by atoms with E-state index < -0.39 is 0 Å². The van der Waals surface area contributed by atoms with E-state index in [0.717, 1.165) is 42.1 Å². The number of hydrogen-bond acceptors (Lipinski definition) is 4. The molecule has 0 atom stereocenters. The van der Waals surface area contributed by atoms with Gasteiger partial charge in [-0.2, -0.15) is 5.10 Å². The molecule has 1 aliphatic rings. The fourth-order valence-electron chi connectivity index (χ4n) is 2.66. The number of rotatable bonds is 2. The topological polar surface area (TPSA) is 61.0 Å². The van der Waals surface area contributed by atoms with Crippen LogP contribution in [0.25, 0.3) is 10.8 Å². The molecule has 0 unspecified atom stereocenters. The normalized spacial score (nSPS) is 23.5. The monoisotopic (exact) mass is 257 g/mol. The zero-order chi connectivity index (χ0) is 13.2. The van der Waals surface area contributed by atoms with Gasteiger partial charge in [-0.1, -0.05) is 18.2 Å². The number of aryl methyl sites for hydroxylation is 1. The number of nitrogens with two attached hydrogens (primary N) is 1. The first kappa shape index (κ1) is 12.4. The molecule has 0 spiro atoms. The molecule has 1 heterocycles. The van der Waals surface area contributed by atoms with Gasteiger partial charge in [-0.15, -0.1) is 5.10 Å². The summed E-state index contributed by atoms with van der Waals surface area (Å²) in [5.41, 5.74) is 6.86. The fourth-order valence-corrected chi connectivity index (χ4v) is 2.66. The Labute approximate surface area is 113 Å². The van der Waals surface area contributed by atoms with Gasteiger partial charge in [0.1, 0.15) is 6.10 Å². The molecule has 1 fully saturated rings. The quantitative estimate of drug-likeness (QED) is 0.898. The second-order valence-electron chi connectivity index (χ2n) is 5.29. The van der Waals surface area contributed by atoms with Crippen LogP contribution in [-0.2, 0) is 0 Å². The number of hydrogen-bond donors (Lipinski definition) is 1. The first-order valence-corrected chi connectivity index (χ1v) is 6.88. The number of nitrogens with zero attached hydrogens (tertiary/aromatic N) is 2. The lowest BCUT2D eigenvalue weighted by Gasteiger charge is -2.26. The van der Waals surface area contributed by atoms with Gasteiger partial charge in [0.05, 0.1) is 5.69 Å². The molecule has 1 aliphatic carbocycles. The van der Waals surface area contributed by atoms with Gasteiger partial charge in [-0.3, -0.25) is 0 Å². The van der Waals surface area contributed by atoms with Gasteiger partial charge < -0.3 is 10.5 Å². The van der Waals surface area contributed by atoms with E-state index in [0.29, 0.717) is 11.9 Å². The second-order valence-corrected chi connectivity index (χ2v) is 5.29. The van der Waals surface area contributed by atoms with Crippen LogP contribution in [-0.4, -0.2) is 22.3 Å². The van der Waals surface area contributed by atoms with Crippen LogP contribution in [0.15, 0.2) is 24.3 Å². The Kier molecular flexibility index (Phi) is 3.34. The van der Waals surface area contributed by atoms with E-state index >= 15 is 0 Å². The summed E-state index contributed by atoms with van der Waals surface area (Å²) in [6.45, 7) is 1.97. The van der Waals surface area contributed by atoms with Gasteiger partial charge in [-0.25, -0.2) is 0 Å². The Balaban J connectivity index is 1.87. The molecule has 19 heavy (non-hydrogen) atoms. The van der Waals surface area contributed by atoms with Gasteiger partial charge in [0.2, 0.25) is 5.88 Å². The third kappa shape index (κ3) is 2.54. The van der Waals surface area contributed by atoms with Crippen LogP contribution in [0.3, 0.4) is 0 Å². The molecule has 100 valence electrons. The van der Waals surface area contributed by atoms with Crippen molar-refractivity contribution in [1.82, 2.24) is 10.2 Å². The molecule has 3 rings (SSSR count). The maximum absolute atomic E-state index is 6.04. The number of fused-ring (bicyclic) bond motifs is 1. The zero-order valence-corrected chi connectivity index (χ0v) is 11.2. The van der Waals surface area contributed by atoms with Gasteiger partial charge in [0, 0.05) is 16.8 Å². The van der Waals surface area contributed by atoms with Gasteiger partial charge in [0.25, 0.3) is 0 Å². The Morgan fingerprint density at radius 1 is 1.05 bits per heavy atom. The summed E-state index contributed by atoms with van der Waals surface area (Å²) >= 11 is 0. The standard InChI is InChI=1S/C15H19N3O/c1-10-13-4-2-3-5-14(13)15(18-17-10)19-12-8-6-11(16)7-9-12/h2-5,11-12H,6-9,16H2,1H3. The molecule has 0 amide bonds. The highest BCUT2D eigenvalue weighted by molar-refractivity contribution is 5.88. The number of ether oxygens (including phenoxy) is 1. The first-order valence-electron chi connectivity index (χ1n) is 6.88. The van der Waals surface area contributed by atoms with E-state index in [9.17, 15) is 0 Å². The minimum Gasteiger partial charge on any atom is -0.473 e. The van der Waals surface area contributed by atoms with Gasteiger partial charge in [0.15, 0.2) is 0 Å². The van der Waals surface area contributed by atoms with Crippen LogP contribution in [0.5, 0.6) is 5.88 Å². The van der Waals surface area contributed by atoms with Crippen molar-refractivity contribution in [2.24, 2.45) is 5.73 Å². The fraction of sp³-hybridized carbons (Fsp3) is 0.467. The van der Waals surface area contributed by atoms with Crippen LogP contribution < -0.4 is 10.5 Å². The highest BCUT2D eigenvalue weighted by Crippen LogP contribution is 2.28. The highest BCUT2D eigenvalue weighted by Gasteiger charge is 2.21. The zero-order valence-electron chi connectivity index (χ0n) is 11.2. The van der Waals surface area contributed by atoms with E-state index in [-0.39, 0.29) is 6.10 Å². The van der Waals surface area contributed by atoms with E-state index in [4.69, 9.17) is 10.5 Å². The van der Waals surface area contributed by atoms with Crippen molar-refractivity contribution in [2.75, 3.05) is 0 Å². The highest BCUT2D eigenvalue weighted by atomic mass is 16.5. The van der Waals surface area contributed by atoms with Crippen molar-refractivity contribution >= 4 is 10.8 Å². The summed E-state index contributed by atoms with van der Waals surface area (Å²) in [5.74, 6) is 0.654. The average molecular weight is 257 g/mol. The SMILES string of the molecule is Cc1nnc(OC2CCC(N)CC2)c2ccccc12. The van der Waals surface area contributed by atoms with Crippen molar-refractivity contribution in [1.29, 1.82) is 0 Å². The molecule has 0 bridgehead atoms. The van der Waals surface area contributed by atoms with Crippen LogP contribution in [0, 0.1) is 6.92 Å². The van der Waals surface area contributed by atoms with Crippen LogP contribution >= 0.6 is 0 Å². The number of aromatic nitrogens is 2. The Morgan fingerprint density at radius 2 is 1.74 bits per heavy atom. The van der Waals surface area contributed by atoms with E-state index in [2.05, 4.69) is 16.3 Å². The van der Waals surface area contributed by atoms with Crippen molar-refractivity contribution in [2.45, 2.75) is 44.8 Å². The molecular formula is C15H19N3O. The minimum atomic E-state index is 0.222. The summed E-state index contributed by atoms with van der Waals surface area (Å²) in [5, 5.41) is 10.6. The molecule has 2 aromatic rings. The molecule has 0 saturated heterocycles. The second kappa shape index (κ2) is 5.13. The van der Waals surface area contributed by atoms with Crippen molar-refractivity contribution in [3.8, 4) is 5.88 Å². The molecule has 1 aromatic heterocycles. The average Bonchev–Trinajstić information content (AvgIpc) is 2.45. The Bertz CT molecular complexity index is 577. The third-order valence-electron chi connectivity index (χ3n) is 3.84. The summed E-state index contributed by atoms with van der Waals surface area (Å²) in [4.78, 5) is 0. The summed E-state index contributed by atoms with van der Waals surface area (Å²) < 4.78 is 6.04. The van der Waals surface area contributed by atoms with E-state index in [1.165, 1.54) is 0 Å². The van der Waals surface area contributed by atoms with Crippen LogP contribution in [0.1, 0.15) is 31.4 Å². The molecule has 0 radical (unpaired) electrons. The molecule has 4 nitrogen and oxygen atoms in total. The minimum absolute atomic E-state index is 0.222. The van der Waals surface area contributed by atoms with Crippen LogP contribution in [0.2, 0.25) is 0 Å². The predicted molar refractivity (Wildman–Crippen MR) is 75.1 cm³/mol. The lowest BCUT2D eigenvalue weighted by atomic mass is 9.94. The summed E-state index contributed by atoms with van der Waals surface area (Å²) in [7, 11) is 0. The van der Waals surface area contributed by atoms with E-state index in [1.54, 1.807) is 0 Å². The summed E-state index contributed by atoms with van der Waals surface area (Å²) in [6, 6.07) is 8.46. The van der Waals surface area contributed by atoms with Crippen LogP contribution in [0.4, 0.5) is 0 Å². The first-order chi connectivity index (χ1) is 9.24. The molecule has 0 aliphatic heterocycles. The molecule has 1 aromatic carbocycles. The van der Waals surface area contributed by atoms with Gasteiger partial charge in [-0.05, 0) is 38.7 Å². The molecular weight excluding hydrogens is 238 g/mol. The molecule has 1 saturated carbocycles. The van der Waals surface area contributed by atoms with Gasteiger partial charge >= 0.3 is 0 Å². The molecule has 4 heteroatoms. The maximum atomic E-state index is 6.04. The largest absolute Gasteiger partial charge is 0.473 e. The lowest BCUT2D eigenvalue weighted by molar-refractivity contribution is 0.142. The van der Waals surface area contributed by atoms with E-state index in [1.807, 2.05) is 25.1 Å². The van der Waals surface area contributed by atoms with Crippen molar-refractivity contribution in [3.63, 3.8) is 0 Å². The third-order valence-corrected chi connectivity index (χ3v) is 3.84. The van der Waals surface area contributed by atoms with Crippen molar-refractivity contribution in [3.05, 3.63) is 30.0 Å². The smallest absolute Gasteiger partial charge is 0.241 e. The lowest BCUT2D eigenvalue weighted by Crippen LogP contribution is -2.31. The maximum Gasteiger partial charge on any atom is 0.241 e. The van der Waals surface area contributed by atoms with Crippen molar-refractivity contribution < 1.29 is 4.74 Å². The summed E-state index contributed by atoms with van der Waals surface area (Å²) in [6.07, 6.45) is 4.29. The number of benzene rings is 1. The molecule has 2 N–H and O–H groups in total. The Morgan fingerprint density at radius 3 is 2.47 bits per heavy atom. The predicted octanol–water partition coefficient (Wildman–Crippen LogP) is 2.59.